The Labute approximate surface area is 167 Å². The molecule has 2 saturated heterocycles. The summed E-state index contributed by atoms with van der Waals surface area (Å²) in [5.41, 5.74) is 3.44. The van der Waals surface area contributed by atoms with Gasteiger partial charge in [0.25, 0.3) is 5.91 Å². The molecule has 2 bridgehead atoms. The molecule has 0 spiro atoms. The zero-order valence-corrected chi connectivity index (χ0v) is 16.6. The molecule has 28 heavy (non-hydrogen) atoms. The number of nitrogens with one attached hydrogen (secondary N) is 1. The number of hydrogen-bond acceptors (Lipinski definition) is 6. The standard InChI is InChI=1S/C20H24N4O3S/c1-13-6-14(10-21-9-13)18(26)24-16-2-3-17(24)20(8-16,19(27)22-4-5-25)7-15-11-28-12-23-15/h6,9-12,16-17,25H,2-5,7-8H2,1H3,(H,22,27)/t16-,17+,20+/m1/s1. The molecule has 4 heterocycles. The number of aryl methyl sites for hydroxylation is 1. The Morgan fingerprint density at radius 3 is 2.96 bits per heavy atom. The summed E-state index contributed by atoms with van der Waals surface area (Å²) in [7, 11) is 0. The number of amides is 2. The second kappa shape index (κ2) is 7.60. The van der Waals surface area contributed by atoms with Crippen molar-refractivity contribution in [3.05, 3.63) is 46.2 Å². The van der Waals surface area contributed by atoms with E-state index in [1.165, 1.54) is 11.3 Å². The number of pyridine rings is 1. The van der Waals surface area contributed by atoms with Crippen LogP contribution in [0.5, 0.6) is 0 Å². The number of aromatic nitrogens is 2. The fourth-order valence-corrected chi connectivity index (χ4v) is 5.38. The van der Waals surface area contributed by atoms with Gasteiger partial charge in [-0.25, -0.2) is 4.98 Å². The van der Waals surface area contributed by atoms with Crippen molar-refractivity contribution in [3.63, 3.8) is 0 Å². The highest BCUT2D eigenvalue weighted by Crippen LogP contribution is 2.52. The van der Waals surface area contributed by atoms with Crippen LogP contribution in [-0.2, 0) is 11.2 Å². The largest absolute Gasteiger partial charge is 0.395 e. The van der Waals surface area contributed by atoms with E-state index >= 15 is 0 Å². The summed E-state index contributed by atoms with van der Waals surface area (Å²) in [6.07, 6.45) is 6.15. The normalized spacial score (nSPS) is 25.9. The van der Waals surface area contributed by atoms with Crippen molar-refractivity contribution in [2.45, 2.75) is 44.7 Å². The van der Waals surface area contributed by atoms with Gasteiger partial charge in [-0.2, -0.15) is 0 Å². The molecule has 2 aromatic heterocycles. The molecular weight excluding hydrogens is 376 g/mol. The Morgan fingerprint density at radius 1 is 1.39 bits per heavy atom. The zero-order chi connectivity index (χ0) is 19.7. The minimum Gasteiger partial charge on any atom is -0.395 e. The van der Waals surface area contributed by atoms with Gasteiger partial charge in [0, 0.05) is 42.8 Å². The lowest BCUT2D eigenvalue weighted by Crippen LogP contribution is -2.51. The van der Waals surface area contributed by atoms with Gasteiger partial charge >= 0.3 is 0 Å². The highest BCUT2D eigenvalue weighted by Gasteiger charge is 2.61. The van der Waals surface area contributed by atoms with E-state index < -0.39 is 5.41 Å². The molecule has 2 aliphatic heterocycles. The van der Waals surface area contributed by atoms with Gasteiger partial charge < -0.3 is 15.3 Å². The van der Waals surface area contributed by atoms with E-state index in [1.54, 1.807) is 17.9 Å². The van der Waals surface area contributed by atoms with Crippen LogP contribution in [0.15, 0.2) is 29.4 Å². The Morgan fingerprint density at radius 2 is 2.25 bits per heavy atom. The van der Waals surface area contributed by atoms with E-state index in [4.69, 9.17) is 5.11 Å². The maximum Gasteiger partial charge on any atom is 0.255 e. The average Bonchev–Trinajstić information content (AvgIpc) is 3.41. The summed E-state index contributed by atoms with van der Waals surface area (Å²) in [6.45, 7) is 2.02. The molecule has 7 nitrogen and oxygen atoms in total. The van der Waals surface area contributed by atoms with Crippen LogP contribution in [0.1, 0.15) is 40.9 Å². The van der Waals surface area contributed by atoms with E-state index in [9.17, 15) is 9.59 Å². The third-order valence-electron chi connectivity index (χ3n) is 5.93. The summed E-state index contributed by atoms with van der Waals surface area (Å²) < 4.78 is 0. The van der Waals surface area contributed by atoms with Gasteiger partial charge in [-0.3, -0.25) is 14.6 Å². The van der Waals surface area contributed by atoms with E-state index in [0.717, 1.165) is 24.1 Å². The first-order valence-corrected chi connectivity index (χ1v) is 10.5. The first-order valence-electron chi connectivity index (χ1n) is 9.56. The van der Waals surface area contributed by atoms with E-state index in [0.29, 0.717) is 18.4 Å². The van der Waals surface area contributed by atoms with Crippen molar-refractivity contribution >= 4 is 23.2 Å². The van der Waals surface area contributed by atoms with Crippen molar-refractivity contribution < 1.29 is 14.7 Å². The molecule has 148 valence electrons. The van der Waals surface area contributed by atoms with Gasteiger partial charge in [0.05, 0.1) is 28.8 Å². The van der Waals surface area contributed by atoms with Gasteiger partial charge in [-0.1, -0.05) is 0 Å². The van der Waals surface area contributed by atoms with E-state index in [-0.39, 0.29) is 37.0 Å². The molecule has 2 amide bonds. The Kier molecular flexibility index (Phi) is 5.16. The predicted molar refractivity (Wildman–Crippen MR) is 105 cm³/mol. The summed E-state index contributed by atoms with van der Waals surface area (Å²) in [4.78, 5) is 36.9. The smallest absolute Gasteiger partial charge is 0.255 e. The molecule has 2 N–H and O–H groups in total. The fourth-order valence-electron chi connectivity index (χ4n) is 4.82. The van der Waals surface area contributed by atoms with E-state index in [2.05, 4.69) is 15.3 Å². The lowest BCUT2D eigenvalue weighted by molar-refractivity contribution is -0.132. The number of carbonyl (C=O) groups is 2. The molecule has 0 saturated carbocycles. The average molecular weight is 401 g/mol. The Balaban J connectivity index is 1.66. The van der Waals surface area contributed by atoms with Crippen LogP contribution >= 0.6 is 11.3 Å². The van der Waals surface area contributed by atoms with Crippen LogP contribution in [0.2, 0.25) is 0 Å². The molecule has 0 aliphatic carbocycles. The minimum absolute atomic E-state index is 0.0384. The Bertz CT molecular complexity index is 872. The van der Waals surface area contributed by atoms with Crippen molar-refractivity contribution in [1.82, 2.24) is 20.2 Å². The first-order chi connectivity index (χ1) is 13.5. The topological polar surface area (TPSA) is 95.4 Å². The van der Waals surface area contributed by atoms with Crippen LogP contribution in [0.3, 0.4) is 0 Å². The van der Waals surface area contributed by atoms with Gasteiger partial charge in [0.1, 0.15) is 0 Å². The van der Waals surface area contributed by atoms with Crippen molar-refractivity contribution in [1.29, 1.82) is 0 Å². The number of fused-ring (bicyclic) bond motifs is 2. The number of aliphatic hydroxyl groups excluding tert-OH is 1. The maximum atomic E-state index is 13.3. The van der Waals surface area contributed by atoms with Crippen LogP contribution in [0.25, 0.3) is 0 Å². The summed E-state index contributed by atoms with van der Waals surface area (Å²) in [6, 6.07) is 1.71. The third-order valence-corrected chi connectivity index (χ3v) is 6.56. The number of aliphatic hydroxyl groups is 1. The van der Waals surface area contributed by atoms with Crippen LogP contribution in [0, 0.1) is 12.3 Å². The molecule has 2 fully saturated rings. The van der Waals surface area contributed by atoms with Gasteiger partial charge in [-0.05, 0) is 37.8 Å². The van der Waals surface area contributed by atoms with Crippen LogP contribution in [-0.4, -0.2) is 57.0 Å². The molecule has 3 atom stereocenters. The number of rotatable bonds is 6. The highest BCUT2D eigenvalue weighted by molar-refractivity contribution is 7.07. The van der Waals surface area contributed by atoms with Crippen molar-refractivity contribution in [3.8, 4) is 0 Å². The number of thiazole rings is 1. The molecular formula is C20H24N4O3S. The SMILES string of the molecule is Cc1cncc(C(=O)N2[C@@H]3CC[C@H]2[C@@](Cc2cscn2)(C(=O)NCCO)C3)c1. The Hall–Kier alpha value is -2.32. The number of carbonyl (C=O) groups excluding carboxylic acids is 2. The summed E-state index contributed by atoms with van der Waals surface area (Å²) in [5.74, 6) is -0.152. The minimum atomic E-state index is -0.709. The fraction of sp³-hybridized carbons (Fsp3) is 0.500. The zero-order valence-electron chi connectivity index (χ0n) is 15.8. The monoisotopic (exact) mass is 400 g/mol. The van der Waals surface area contributed by atoms with Crippen molar-refractivity contribution in [2.75, 3.05) is 13.2 Å². The number of hydrogen-bond donors (Lipinski definition) is 2. The first kappa shape index (κ1) is 19.0. The molecule has 0 aromatic carbocycles. The summed E-state index contributed by atoms with van der Waals surface area (Å²) in [5, 5.41) is 14.0. The van der Waals surface area contributed by atoms with Gasteiger partial charge in [0.2, 0.25) is 5.91 Å². The van der Waals surface area contributed by atoms with Gasteiger partial charge in [-0.15, -0.1) is 11.3 Å². The molecule has 2 aliphatic rings. The molecule has 4 rings (SSSR count). The lowest BCUT2D eigenvalue weighted by atomic mass is 9.70. The predicted octanol–water partition coefficient (Wildman–Crippen LogP) is 1.56. The third kappa shape index (κ3) is 3.20. The van der Waals surface area contributed by atoms with Crippen LogP contribution in [0.4, 0.5) is 0 Å². The molecule has 0 unspecified atom stereocenters. The molecule has 2 aromatic rings. The lowest BCUT2D eigenvalue weighted by Gasteiger charge is -2.35. The summed E-state index contributed by atoms with van der Waals surface area (Å²) >= 11 is 1.51. The maximum absolute atomic E-state index is 13.3. The molecule has 0 radical (unpaired) electrons. The number of nitrogens with zero attached hydrogens (tertiary/aromatic N) is 3. The second-order valence-corrected chi connectivity index (χ2v) is 8.43. The highest BCUT2D eigenvalue weighted by atomic mass is 32.1. The van der Waals surface area contributed by atoms with Gasteiger partial charge in [0.15, 0.2) is 0 Å². The molecule has 8 heteroatoms. The quantitative estimate of drug-likeness (QED) is 0.767. The van der Waals surface area contributed by atoms with Crippen LogP contribution < -0.4 is 5.32 Å². The van der Waals surface area contributed by atoms with Crippen molar-refractivity contribution in [2.24, 2.45) is 5.41 Å². The van der Waals surface area contributed by atoms with E-state index in [1.807, 2.05) is 23.3 Å². The second-order valence-electron chi connectivity index (χ2n) is 7.71.